The maximum Gasteiger partial charge on any atom is 0.250 e. The second kappa shape index (κ2) is 8.44. The lowest BCUT2D eigenvalue weighted by Gasteiger charge is -2.39. The fourth-order valence-corrected chi connectivity index (χ4v) is 5.46. The Hall–Kier alpha value is -1.55. The van der Waals surface area contributed by atoms with Crippen LogP contribution in [0, 0.1) is 17.8 Å². The minimum absolute atomic E-state index is 0.163. The number of Topliss-reactive ketones (excluding diaryl/α,β-unsaturated/α-hetero) is 1. The molecule has 2 fully saturated rings. The minimum atomic E-state index is -1.91. The first-order valence-electron chi connectivity index (χ1n) is 10.8. The number of allylic oxidation sites excluding steroid dienone is 1. The fourth-order valence-electron chi connectivity index (χ4n) is 4.33. The first-order chi connectivity index (χ1) is 13.2. The molecule has 1 aromatic carbocycles. The van der Waals surface area contributed by atoms with Gasteiger partial charge in [-0.3, -0.25) is 4.79 Å². The predicted octanol–water partition coefficient (Wildman–Crippen LogP) is 6.37. The molecule has 3 atom stereocenters. The maximum absolute atomic E-state index is 12.2. The van der Waals surface area contributed by atoms with E-state index < -0.39 is 8.32 Å². The highest BCUT2D eigenvalue weighted by molar-refractivity contribution is 6.74. The minimum Gasteiger partial charge on any atom is -0.547 e. The van der Waals surface area contributed by atoms with Crippen LogP contribution in [-0.4, -0.2) is 20.7 Å². The smallest absolute Gasteiger partial charge is 0.250 e. The van der Waals surface area contributed by atoms with Crippen molar-refractivity contribution >= 4 is 14.1 Å². The molecule has 3 nitrogen and oxygen atoms in total. The average Bonchev–Trinajstić information content (AvgIpc) is 3.21. The molecule has 2 unspecified atom stereocenters. The average molecular weight is 401 g/mol. The van der Waals surface area contributed by atoms with Gasteiger partial charge in [0, 0.05) is 24.7 Å². The van der Waals surface area contributed by atoms with E-state index >= 15 is 0 Å². The molecule has 2 saturated carbocycles. The Labute approximate surface area is 171 Å². The van der Waals surface area contributed by atoms with Crippen LogP contribution in [0.1, 0.15) is 52.9 Å². The summed E-state index contributed by atoms with van der Waals surface area (Å²) in [7, 11) is -1.91. The van der Waals surface area contributed by atoms with Crippen LogP contribution in [0.2, 0.25) is 18.1 Å². The van der Waals surface area contributed by atoms with Crippen LogP contribution >= 0.6 is 0 Å². The van der Waals surface area contributed by atoms with Crippen molar-refractivity contribution in [3.8, 4) is 5.75 Å². The summed E-state index contributed by atoms with van der Waals surface area (Å²) in [6.07, 6.45) is 7.01. The molecule has 0 aromatic heterocycles. The molecule has 2 aliphatic rings. The summed E-state index contributed by atoms with van der Waals surface area (Å²) in [5.74, 6) is 3.69. The van der Waals surface area contributed by atoms with E-state index in [1.165, 1.54) is 0 Å². The fraction of sp³-hybridized carbons (Fsp3) is 0.625. The van der Waals surface area contributed by atoms with Crippen molar-refractivity contribution < 1.29 is 14.0 Å². The Balaban J connectivity index is 1.72. The maximum atomic E-state index is 12.2. The molecule has 28 heavy (non-hydrogen) atoms. The first-order valence-corrected chi connectivity index (χ1v) is 13.7. The third-order valence-electron chi connectivity index (χ3n) is 6.98. The molecule has 154 valence electrons. The number of carbonyl (C=O) groups excluding carboxylic acids is 1. The lowest BCUT2D eigenvalue weighted by atomic mass is 9.90. The highest BCUT2D eigenvalue weighted by Gasteiger charge is 2.48. The molecule has 4 heteroatoms. The standard InChI is InChI=1S/C24H36O3Si/c1-24(2,3)28(4,5)27-23(12-9-17-26-18-10-7-6-8-11-18)21-14-13-20-19(21)15-16-22(20)25/h6-8,10-12,19-21H,9,13-17H2,1-5H3/t19?,20?,21-/m0/s1. The topological polar surface area (TPSA) is 35.5 Å². The molecule has 2 aliphatic carbocycles. The van der Waals surface area contributed by atoms with E-state index in [1.807, 2.05) is 30.3 Å². The van der Waals surface area contributed by atoms with Gasteiger partial charge in [0.25, 0.3) is 0 Å². The first kappa shape index (κ1) is 21.2. The molecule has 3 rings (SSSR count). The van der Waals surface area contributed by atoms with Crippen molar-refractivity contribution in [2.45, 2.75) is 71.0 Å². The number of benzene rings is 1. The van der Waals surface area contributed by atoms with Crippen LogP contribution in [0.4, 0.5) is 0 Å². The molecule has 1 aromatic rings. The van der Waals surface area contributed by atoms with Gasteiger partial charge in [-0.05, 0) is 61.5 Å². The van der Waals surface area contributed by atoms with Crippen LogP contribution in [0.25, 0.3) is 0 Å². The predicted molar refractivity (Wildman–Crippen MR) is 117 cm³/mol. The van der Waals surface area contributed by atoms with Gasteiger partial charge in [-0.25, -0.2) is 0 Å². The third kappa shape index (κ3) is 4.70. The summed E-state index contributed by atoms with van der Waals surface area (Å²) >= 11 is 0. The van der Waals surface area contributed by atoms with Gasteiger partial charge < -0.3 is 9.16 Å². The summed E-state index contributed by atoms with van der Waals surface area (Å²) in [6.45, 7) is 12.1. The van der Waals surface area contributed by atoms with Crippen molar-refractivity contribution in [1.29, 1.82) is 0 Å². The Morgan fingerprint density at radius 2 is 1.86 bits per heavy atom. The quantitative estimate of drug-likeness (QED) is 0.303. The summed E-state index contributed by atoms with van der Waals surface area (Å²) < 4.78 is 12.7. The number of carbonyl (C=O) groups is 1. The molecule has 0 amide bonds. The van der Waals surface area contributed by atoms with Crippen molar-refractivity contribution in [3.63, 3.8) is 0 Å². The van der Waals surface area contributed by atoms with E-state index in [1.54, 1.807) is 0 Å². The monoisotopic (exact) mass is 400 g/mol. The molecule has 0 radical (unpaired) electrons. The van der Waals surface area contributed by atoms with Gasteiger partial charge in [-0.15, -0.1) is 0 Å². The van der Waals surface area contributed by atoms with E-state index in [0.717, 1.165) is 43.6 Å². The largest absolute Gasteiger partial charge is 0.547 e. The van der Waals surface area contributed by atoms with Gasteiger partial charge in [0.15, 0.2) is 0 Å². The number of hydrogen-bond acceptors (Lipinski definition) is 3. The summed E-state index contributed by atoms with van der Waals surface area (Å²) in [4.78, 5) is 12.2. The van der Waals surface area contributed by atoms with E-state index in [9.17, 15) is 4.79 Å². The van der Waals surface area contributed by atoms with Crippen molar-refractivity contribution in [2.75, 3.05) is 6.61 Å². The Kier molecular flexibility index (Phi) is 6.38. The Morgan fingerprint density at radius 3 is 2.54 bits per heavy atom. The molecule has 0 heterocycles. The molecular formula is C24H36O3Si. The van der Waals surface area contributed by atoms with Gasteiger partial charge in [0.05, 0.1) is 12.4 Å². The van der Waals surface area contributed by atoms with Gasteiger partial charge >= 0.3 is 0 Å². The molecule has 0 saturated heterocycles. The lowest BCUT2D eigenvalue weighted by molar-refractivity contribution is -0.120. The zero-order valence-electron chi connectivity index (χ0n) is 18.2. The summed E-state index contributed by atoms with van der Waals surface area (Å²) in [5.41, 5.74) is 0. The zero-order valence-corrected chi connectivity index (χ0v) is 19.2. The SMILES string of the molecule is CC(C)(C)[Si](C)(C)OC(=CCCOc1ccccc1)[C@H]1CCC2C(=O)CCC21. The third-order valence-corrected chi connectivity index (χ3v) is 11.3. The van der Waals surface area contributed by atoms with E-state index in [4.69, 9.17) is 9.16 Å². The molecule has 0 aliphatic heterocycles. The second-order valence-electron chi connectivity index (χ2n) is 9.88. The van der Waals surface area contributed by atoms with E-state index in [-0.39, 0.29) is 11.0 Å². The second-order valence-corrected chi connectivity index (χ2v) is 14.6. The number of ether oxygens (including phenoxy) is 1. The molecule has 0 spiro atoms. The van der Waals surface area contributed by atoms with Crippen LogP contribution in [0.3, 0.4) is 0 Å². The van der Waals surface area contributed by atoms with Crippen LogP contribution in [0.5, 0.6) is 5.75 Å². The summed E-state index contributed by atoms with van der Waals surface area (Å²) in [6, 6.07) is 9.96. The molecule has 0 bridgehead atoms. The van der Waals surface area contributed by atoms with Gasteiger partial charge in [0.2, 0.25) is 8.32 Å². The Bertz CT molecular complexity index is 702. The van der Waals surface area contributed by atoms with Gasteiger partial charge in [-0.1, -0.05) is 39.0 Å². The van der Waals surface area contributed by atoms with Crippen molar-refractivity contribution in [3.05, 3.63) is 42.2 Å². The lowest BCUT2D eigenvalue weighted by Crippen LogP contribution is -2.41. The van der Waals surface area contributed by atoms with E-state index in [0.29, 0.717) is 24.2 Å². The van der Waals surface area contributed by atoms with Crippen LogP contribution in [-0.2, 0) is 9.22 Å². The summed E-state index contributed by atoms with van der Waals surface area (Å²) in [5, 5.41) is 0.163. The van der Waals surface area contributed by atoms with Crippen LogP contribution in [0.15, 0.2) is 42.2 Å². The molecule has 0 N–H and O–H groups in total. The zero-order chi connectivity index (χ0) is 20.4. The number of rotatable bonds is 7. The van der Waals surface area contributed by atoms with E-state index in [2.05, 4.69) is 39.9 Å². The number of fused-ring (bicyclic) bond motifs is 1. The number of ketones is 1. The van der Waals surface area contributed by atoms with Gasteiger partial charge in [0.1, 0.15) is 11.5 Å². The van der Waals surface area contributed by atoms with Crippen molar-refractivity contribution in [2.24, 2.45) is 17.8 Å². The highest BCUT2D eigenvalue weighted by atomic mass is 28.4. The number of hydrogen-bond donors (Lipinski definition) is 0. The Morgan fingerprint density at radius 1 is 1.14 bits per heavy atom. The normalized spacial score (nSPS) is 25.7. The van der Waals surface area contributed by atoms with Crippen molar-refractivity contribution in [1.82, 2.24) is 0 Å². The van der Waals surface area contributed by atoms with Gasteiger partial charge in [-0.2, -0.15) is 0 Å². The number of para-hydroxylation sites is 1. The highest BCUT2D eigenvalue weighted by Crippen LogP contribution is 2.50. The molecular weight excluding hydrogens is 364 g/mol. The van der Waals surface area contributed by atoms with Crippen LogP contribution < -0.4 is 4.74 Å².